The second-order valence-corrected chi connectivity index (χ2v) is 22.9. The number of aliphatic carboxylic acids is 7. The van der Waals surface area contributed by atoms with Gasteiger partial charge in [0.05, 0.1) is 0 Å². The topological polar surface area (TPSA) is 261 Å². The number of unbranched alkanes of at least 4 members (excludes halogenated alkanes) is 42. The maximum atomic E-state index is 10.1. The van der Waals surface area contributed by atoms with E-state index >= 15 is 0 Å². The third-order valence-corrected chi connectivity index (χ3v) is 14.0. The van der Waals surface area contributed by atoms with Crippen molar-refractivity contribution in [2.24, 2.45) is 0 Å². The molecule has 14 heteroatoms. The zero-order valence-corrected chi connectivity index (χ0v) is 56.1. The minimum Gasteiger partial charge on any atom is -0.481 e. The monoisotopic (exact) mass is 1210 g/mol. The number of rotatable bonds is 56. The molecule has 0 aromatic heterocycles. The summed E-state index contributed by atoms with van der Waals surface area (Å²) < 4.78 is 0. The van der Waals surface area contributed by atoms with E-state index in [1.54, 1.807) is 0 Å². The van der Waals surface area contributed by atoms with Crippen molar-refractivity contribution in [2.45, 2.75) is 408 Å². The van der Waals surface area contributed by atoms with Crippen molar-refractivity contribution in [3.8, 4) is 0 Å². The van der Waals surface area contributed by atoms with Crippen LogP contribution in [0.15, 0.2) is 0 Å². The lowest BCUT2D eigenvalue weighted by atomic mass is 10.1. The summed E-state index contributed by atoms with van der Waals surface area (Å²) in [6.07, 6.45) is 60.5. The highest BCUT2D eigenvalue weighted by Gasteiger charge is 2.01. The van der Waals surface area contributed by atoms with Gasteiger partial charge in [0.25, 0.3) is 0 Å². The van der Waals surface area contributed by atoms with Gasteiger partial charge in [0.2, 0.25) is 0 Å². The molecule has 0 saturated carbocycles. The van der Waals surface area contributed by atoms with E-state index in [2.05, 4.69) is 48.5 Å². The molecule has 0 rings (SSSR count). The maximum Gasteiger partial charge on any atom is 0.303 e. The maximum absolute atomic E-state index is 10.1. The van der Waals surface area contributed by atoms with Crippen LogP contribution in [-0.4, -0.2) is 77.5 Å². The predicted octanol–water partition coefficient (Wildman–Crippen LogP) is 22.5. The van der Waals surface area contributed by atoms with Crippen molar-refractivity contribution in [3.63, 3.8) is 0 Å². The van der Waals surface area contributed by atoms with Crippen LogP contribution in [0.2, 0.25) is 0 Å². The van der Waals surface area contributed by atoms with Gasteiger partial charge in [0.1, 0.15) is 0 Å². The Bertz CT molecular complexity index is 1050. The van der Waals surface area contributed by atoms with E-state index in [-0.39, 0.29) is 0 Å². The fourth-order valence-corrected chi connectivity index (χ4v) is 8.63. The van der Waals surface area contributed by atoms with Gasteiger partial charge in [-0.05, 0) is 44.9 Å². The first kappa shape index (κ1) is 94.0. The standard InChI is InChI=1S/7C10H20O2/c7*1-2-3-4-5-6-7-8-9-10(11)12/h7*2-9H2,1H3,(H,11,12). The lowest BCUT2D eigenvalue weighted by Gasteiger charge is -1.98. The van der Waals surface area contributed by atoms with Gasteiger partial charge in [-0.2, -0.15) is 0 Å². The Morgan fingerprint density at radius 2 is 0.214 bits per heavy atom. The molecule has 0 fully saturated rings. The normalized spacial score (nSPS) is 10.1. The fraction of sp³-hybridized carbons (Fsp3) is 0.900. The molecule has 504 valence electrons. The van der Waals surface area contributed by atoms with Gasteiger partial charge in [0, 0.05) is 44.9 Å². The molecule has 0 saturated heterocycles. The fourth-order valence-electron chi connectivity index (χ4n) is 8.63. The average molecular weight is 1210 g/mol. The van der Waals surface area contributed by atoms with Crippen molar-refractivity contribution in [2.75, 3.05) is 0 Å². The van der Waals surface area contributed by atoms with Crippen LogP contribution in [0.5, 0.6) is 0 Å². The minimum atomic E-state index is -0.663. The Balaban J connectivity index is -0.000000165. The SMILES string of the molecule is CCCCCCCCCC(=O)O.CCCCCCCCCC(=O)O.CCCCCCCCCC(=O)O.CCCCCCCCCC(=O)O.CCCCCCCCCC(=O)O.CCCCCCCCCC(=O)O.CCCCCCCCCC(=O)O. The van der Waals surface area contributed by atoms with Crippen LogP contribution in [-0.2, 0) is 33.6 Å². The van der Waals surface area contributed by atoms with Crippen molar-refractivity contribution in [3.05, 3.63) is 0 Å². The van der Waals surface area contributed by atoms with Crippen LogP contribution in [0.1, 0.15) is 408 Å². The van der Waals surface area contributed by atoms with Crippen molar-refractivity contribution in [1.29, 1.82) is 0 Å². The molecule has 0 aromatic rings. The molecule has 7 N–H and O–H groups in total. The molecule has 0 bridgehead atoms. The molecule has 0 amide bonds. The van der Waals surface area contributed by atoms with Crippen LogP contribution in [0.3, 0.4) is 0 Å². The van der Waals surface area contributed by atoms with Gasteiger partial charge in [0.15, 0.2) is 0 Å². The highest BCUT2D eigenvalue weighted by atomic mass is 16.4. The first-order valence-electron chi connectivity index (χ1n) is 34.9. The Morgan fingerprint density at radius 1 is 0.143 bits per heavy atom. The van der Waals surface area contributed by atoms with Crippen LogP contribution in [0, 0.1) is 0 Å². The van der Waals surface area contributed by atoms with E-state index in [4.69, 9.17) is 35.7 Å². The molecule has 0 aliphatic carbocycles. The molecule has 0 aromatic carbocycles. The summed E-state index contributed by atoms with van der Waals surface area (Å²) in [5, 5.41) is 58.5. The van der Waals surface area contributed by atoms with E-state index in [0.717, 1.165) is 89.9 Å². The zero-order chi connectivity index (χ0) is 64.6. The summed E-state index contributed by atoms with van der Waals surface area (Å²) >= 11 is 0. The third kappa shape index (κ3) is 133. The van der Waals surface area contributed by atoms with E-state index in [9.17, 15) is 33.6 Å². The molecule has 0 unspecified atom stereocenters. The summed E-state index contributed by atoms with van der Waals surface area (Å²) in [5.41, 5.74) is 0. The van der Waals surface area contributed by atoms with Gasteiger partial charge in [-0.25, -0.2) is 0 Å². The largest absolute Gasteiger partial charge is 0.481 e. The van der Waals surface area contributed by atoms with E-state index in [1.165, 1.54) is 225 Å². The van der Waals surface area contributed by atoms with Crippen molar-refractivity contribution in [1.82, 2.24) is 0 Å². The Morgan fingerprint density at radius 3 is 0.286 bits per heavy atom. The van der Waals surface area contributed by atoms with Crippen LogP contribution < -0.4 is 0 Å². The van der Waals surface area contributed by atoms with Gasteiger partial charge >= 0.3 is 41.8 Å². The third-order valence-electron chi connectivity index (χ3n) is 14.0. The van der Waals surface area contributed by atoms with E-state index in [0.29, 0.717) is 44.9 Å². The highest BCUT2D eigenvalue weighted by molar-refractivity contribution is 5.68. The smallest absolute Gasteiger partial charge is 0.303 e. The lowest BCUT2D eigenvalue weighted by molar-refractivity contribution is -0.138. The van der Waals surface area contributed by atoms with E-state index < -0.39 is 41.8 Å². The molecular formula is C70H140O14. The van der Waals surface area contributed by atoms with Gasteiger partial charge in [-0.3, -0.25) is 33.6 Å². The summed E-state index contributed by atoms with van der Waals surface area (Å²) in [6.45, 7) is 15.4. The first-order valence-corrected chi connectivity index (χ1v) is 34.9. The molecule has 84 heavy (non-hydrogen) atoms. The molecule has 0 radical (unpaired) electrons. The van der Waals surface area contributed by atoms with Crippen LogP contribution in [0.4, 0.5) is 0 Å². The molecule has 0 atom stereocenters. The summed E-state index contributed by atoms with van der Waals surface area (Å²) in [6, 6.07) is 0. The van der Waals surface area contributed by atoms with E-state index in [1.807, 2.05) is 0 Å². The van der Waals surface area contributed by atoms with Crippen LogP contribution >= 0.6 is 0 Å². The molecular weight excluding hydrogens is 1060 g/mol. The van der Waals surface area contributed by atoms with Crippen molar-refractivity contribution >= 4 is 41.8 Å². The Kier molecular flexibility index (Phi) is 101. The van der Waals surface area contributed by atoms with Gasteiger partial charge in [-0.15, -0.1) is 0 Å². The number of hydrogen-bond donors (Lipinski definition) is 7. The number of carbonyl (C=O) groups is 7. The number of hydrogen-bond acceptors (Lipinski definition) is 7. The molecule has 0 spiro atoms. The summed E-state index contributed by atoms with van der Waals surface area (Å²) in [5.74, 6) is -4.64. The Hall–Kier alpha value is -3.71. The quantitative estimate of drug-likeness (QED) is 0.0280. The van der Waals surface area contributed by atoms with Gasteiger partial charge < -0.3 is 35.7 Å². The summed E-state index contributed by atoms with van der Waals surface area (Å²) in [7, 11) is 0. The lowest BCUT2D eigenvalue weighted by Crippen LogP contribution is -1.93. The van der Waals surface area contributed by atoms with Crippen molar-refractivity contribution < 1.29 is 69.3 Å². The van der Waals surface area contributed by atoms with Gasteiger partial charge in [-0.1, -0.05) is 318 Å². The average Bonchev–Trinajstić information content (AvgIpc) is 3.44. The number of carboxylic acid groups (broad SMARTS) is 7. The number of carboxylic acids is 7. The highest BCUT2D eigenvalue weighted by Crippen LogP contribution is 2.13. The van der Waals surface area contributed by atoms with Crippen LogP contribution in [0.25, 0.3) is 0 Å². The molecule has 14 nitrogen and oxygen atoms in total. The first-order chi connectivity index (χ1) is 40.4. The molecule has 0 aliphatic heterocycles. The zero-order valence-electron chi connectivity index (χ0n) is 56.1. The predicted molar refractivity (Wildman–Crippen MR) is 352 cm³/mol. The second-order valence-electron chi connectivity index (χ2n) is 22.9. The summed E-state index contributed by atoms with van der Waals surface area (Å²) in [4.78, 5) is 70.9. The minimum absolute atomic E-state index is 0.341. The Labute approximate surface area is 517 Å². The second kappa shape index (κ2) is 90.5. The molecule has 0 aliphatic rings. The molecule has 0 heterocycles.